The number of carbonyl (C=O) groups excluding carboxylic acids is 3. The molecule has 0 bridgehead atoms. The Balaban J connectivity index is 1.39. The number of anilines is 1. The summed E-state index contributed by atoms with van der Waals surface area (Å²) < 4.78 is 10.5. The van der Waals surface area contributed by atoms with Crippen molar-refractivity contribution in [1.82, 2.24) is 4.90 Å². The summed E-state index contributed by atoms with van der Waals surface area (Å²) in [4.78, 5) is 37.9. The van der Waals surface area contributed by atoms with E-state index in [9.17, 15) is 14.4 Å². The molecular weight excluding hydrogens is 360 g/mol. The van der Waals surface area contributed by atoms with E-state index < -0.39 is 11.8 Å². The van der Waals surface area contributed by atoms with E-state index in [0.717, 1.165) is 4.90 Å². The molecule has 2 heterocycles. The number of benzene rings is 2. The molecule has 0 aromatic heterocycles. The smallest absolute Gasteiger partial charge is 0.261 e. The van der Waals surface area contributed by atoms with E-state index in [4.69, 9.17) is 21.1 Å². The summed E-state index contributed by atoms with van der Waals surface area (Å²) in [6.45, 7) is 0.136. The quantitative estimate of drug-likeness (QED) is 0.834. The first-order chi connectivity index (χ1) is 12.5. The Labute approximate surface area is 153 Å². The molecule has 0 spiro atoms. The molecule has 132 valence electrons. The molecule has 0 radical (unpaired) electrons. The summed E-state index contributed by atoms with van der Waals surface area (Å²) in [6.07, 6.45) is -0.0202. The number of halogens is 1. The highest BCUT2D eigenvalue weighted by molar-refractivity contribution is 6.32. The normalized spacial score (nSPS) is 14.6. The predicted molar refractivity (Wildman–Crippen MR) is 92.6 cm³/mol. The van der Waals surface area contributed by atoms with Crippen LogP contribution in [0.4, 0.5) is 5.69 Å². The van der Waals surface area contributed by atoms with Crippen LogP contribution in [0.25, 0.3) is 0 Å². The van der Waals surface area contributed by atoms with Crippen LogP contribution >= 0.6 is 11.6 Å². The first kappa shape index (κ1) is 16.4. The Bertz CT molecular complexity index is 943. The molecule has 3 amide bonds. The van der Waals surface area contributed by atoms with Crippen molar-refractivity contribution in [1.29, 1.82) is 0 Å². The molecule has 2 aliphatic rings. The number of carbonyl (C=O) groups is 3. The lowest BCUT2D eigenvalue weighted by Crippen LogP contribution is -2.32. The fourth-order valence-electron chi connectivity index (χ4n) is 2.88. The van der Waals surface area contributed by atoms with E-state index in [1.54, 1.807) is 24.3 Å². The lowest BCUT2D eigenvalue weighted by atomic mass is 10.1. The molecular formula is C18H13ClN2O5. The SMILES string of the molecule is O=C(CCN1C(=O)c2ccc(Cl)cc2C1=O)Nc1ccc2c(c1)OCO2. The molecule has 4 rings (SSSR count). The van der Waals surface area contributed by atoms with Gasteiger partial charge in [-0.2, -0.15) is 0 Å². The Morgan fingerprint density at radius 2 is 1.81 bits per heavy atom. The summed E-state index contributed by atoms with van der Waals surface area (Å²) in [5.41, 5.74) is 1.11. The van der Waals surface area contributed by atoms with Gasteiger partial charge in [-0.05, 0) is 30.3 Å². The molecule has 2 aromatic rings. The maximum absolute atomic E-state index is 12.3. The van der Waals surface area contributed by atoms with Gasteiger partial charge in [-0.3, -0.25) is 19.3 Å². The van der Waals surface area contributed by atoms with Crippen molar-refractivity contribution >= 4 is 35.0 Å². The van der Waals surface area contributed by atoms with Gasteiger partial charge in [0.1, 0.15) is 0 Å². The lowest BCUT2D eigenvalue weighted by molar-refractivity contribution is -0.116. The molecule has 2 aliphatic heterocycles. The number of ether oxygens (including phenoxy) is 2. The van der Waals surface area contributed by atoms with Gasteiger partial charge in [-0.1, -0.05) is 11.6 Å². The second-order valence-electron chi connectivity index (χ2n) is 5.82. The van der Waals surface area contributed by atoms with E-state index in [2.05, 4.69) is 5.32 Å². The number of hydrogen-bond donors (Lipinski definition) is 1. The second kappa shape index (κ2) is 6.34. The van der Waals surface area contributed by atoms with Gasteiger partial charge in [0.05, 0.1) is 11.1 Å². The Morgan fingerprint density at radius 1 is 1.04 bits per heavy atom. The third kappa shape index (κ3) is 2.86. The zero-order chi connectivity index (χ0) is 18.3. The zero-order valence-corrected chi connectivity index (χ0v) is 14.2. The van der Waals surface area contributed by atoms with Crippen molar-refractivity contribution in [2.45, 2.75) is 6.42 Å². The van der Waals surface area contributed by atoms with Crippen LogP contribution in [0.15, 0.2) is 36.4 Å². The van der Waals surface area contributed by atoms with Gasteiger partial charge in [0.25, 0.3) is 11.8 Å². The van der Waals surface area contributed by atoms with Gasteiger partial charge in [-0.15, -0.1) is 0 Å². The molecule has 0 fully saturated rings. The van der Waals surface area contributed by atoms with E-state index in [0.29, 0.717) is 27.8 Å². The molecule has 1 N–H and O–H groups in total. The van der Waals surface area contributed by atoms with Gasteiger partial charge in [0.15, 0.2) is 11.5 Å². The van der Waals surface area contributed by atoms with Crippen LogP contribution in [-0.2, 0) is 4.79 Å². The highest BCUT2D eigenvalue weighted by Crippen LogP contribution is 2.34. The highest BCUT2D eigenvalue weighted by Gasteiger charge is 2.35. The van der Waals surface area contributed by atoms with Crippen LogP contribution < -0.4 is 14.8 Å². The van der Waals surface area contributed by atoms with Crippen LogP contribution in [0, 0.1) is 0 Å². The van der Waals surface area contributed by atoms with Crippen molar-refractivity contribution in [2.75, 3.05) is 18.7 Å². The van der Waals surface area contributed by atoms with Crippen molar-refractivity contribution in [3.05, 3.63) is 52.5 Å². The number of hydrogen-bond acceptors (Lipinski definition) is 5. The molecule has 0 saturated heterocycles. The van der Waals surface area contributed by atoms with Crippen LogP contribution in [0.2, 0.25) is 5.02 Å². The van der Waals surface area contributed by atoms with Gasteiger partial charge in [-0.25, -0.2) is 0 Å². The highest BCUT2D eigenvalue weighted by atomic mass is 35.5. The summed E-state index contributed by atoms with van der Waals surface area (Å²) in [7, 11) is 0. The van der Waals surface area contributed by atoms with Crippen LogP contribution in [0.3, 0.4) is 0 Å². The van der Waals surface area contributed by atoms with E-state index in [-0.39, 0.29) is 31.2 Å². The van der Waals surface area contributed by atoms with E-state index in [1.807, 2.05) is 0 Å². The van der Waals surface area contributed by atoms with Gasteiger partial charge >= 0.3 is 0 Å². The number of imide groups is 1. The molecule has 7 nitrogen and oxygen atoms in total. The van der Waals surface area contributed by atoms with Crippen LogP contribution in [-0.4, -0.2) is 36.0 Å². The monoisotopic (exact) mass is 372 g/mol. The number of rotatable bonds is 4. The predicted octanol–water partition coefficient (Wildman–Crippen LogP) is 2.69. The number of nitrogens with zero attached hydrogens (tertiary/aromatic N) is 1. The summed E-state index contributed by atoms with van der Waals surface area (Å²) in [5, 5.41) is 3.09. The van der Waals surface area contributed by atoms with Gasteiger partial charge in [0.2, 0.25) is 12.7 Å². The average Bonchev–Trinajstić information content (AvgIpc) is 3.17. The van der Waals surface area contributed by atoms with E-state index in [1.165, 1.54) is 12.1 Å². The molecule has 0 atom stereocenters. The minimum Gasteiger partial charge on any atom is -0.454 e. The summed E-state index contributed by atoms with van der Waals surface area (Å²) >= 11 is 5.88. The fourth-order valence-corrected chi connectivity index (χ4v) is 3.05. The van der Waals surface area contributed by atoms with Gasteiger partial charge < -0.3 is 14.8 Å². The van der Waals surface area contributed by atoms with Crippen molar-refractivity contribution < 1.29 is 23.9 Å². The second-order valence-corrected chi connectivity index (χ2v) is 6.25. The topological polar surface area (TPSA) is 84.9 Å². The Hall–Kier alpha value is -3.06. The van der Waals surface area contributed by atoms with Crippen LogP contribution in [0.1, 0.15) is 27.1 Å². The minimum absolute atomic E-state index is 0.0135. The first-order valence-corrected chi connectivity index (χ1v) is 8.26. The maximum Gasteiger partial charge on any atom is 0.261 e. The van der Waals surface area contributed by atoms with Gasteiger partial charge in [0, 0.05) is 29.7 Å². The summed E-state index contributed by atoms with van der Waals surface area (Å²) in [5.74, 6) is -0.00732. The molecule has 0 unspecified atom stereocenters. The molecule has 0 saturated carbocycles. The maximum atomic E-state index is 12.3. The lowest BCUT2D eigenvalue weighted by Gasteiger charge is -2.13. The Morgan fingerprint density at radius 3 is 2.65 bits per heavy atom. The van der Waals surface area contributed by atoms with Crippen molar-refractivity contribution in [2.24, 2.45) is 0 Å². The zero-order valence-electron chi connectivity index (χ0n) is 13.5. The molecule has 0 aliphatic carbocycles. The third-order valence-electron chi connectivity index (χ3n) is 4.15. The average molecular weight is 373 g/mol. The Kier molecular flexibility index (Phi) is 4.00. The number of nitrogens with one attached hydrogen (secondary N) is 1. The largest absolute Gasteiger partial charge is 0.454 e. The first-order valence-electron chi connectivity index (χ1n) is 7.88. The van der Waals surface area contributed by atoms with Crippen LogP contribution in [0.5, 0.6) is 11.5 Å². The third-order valence-corrected chi connectivity index (χ3v) is 4.39. The molecule has 26 heavy (non-hydrogen) atoms. The van der Waals surface area contributed by atoms with Crippen molar-refractivity contribution in [3.63, 3.8) is 0 Å². The summed E-state index contributed by atoms with van der Waals surface area (Å²) in [6, 6.07) is 9.58. The standard InChI is InChI=1S/C18H13ClN2O5/c19-10-1-3-12-13(7-10)18(24)21(17(12)23)6-5-16(22)20-11-2-4-14-15(8-11)26-9-25-14/h1-4,7-8H,5-6,9H2,(H,20,22). The number of amides is 3. The van der Waals surface area contributed by atoms with E-state index >= 15 is 0 Å². The minimum atomic E-state index is -0.441. The molecule has 8 heteroatoms. The fraction of sp³-hybridized carbons (Fsp3) is 0.167. The number of fused-ring (bicyclic) bond motifs is 2. The molecule has 2 aromatic carbocycles. The van der Waals surface area contributed by atoms with Crippen molar-refractivity contribution in [3.8, 4) is 11.5 Å².